The molecule has 0 N–H and O–H groups in total. The Balaban J connectivity index is 2.78. The molecular formula is C11H21NOS. The molecule has 0 atom stereocenters. The number of amides is 1. The zero-order valence-electron chi connectivity index (χ0n) is 9.83. The minimum atomic E-state index is -0.0531. The van der Waals surface area contributed by atoms with Crippen LogP contribution in [0.1, 0.15) is 40.5 Å². The van der Waals surface area contributed by atoms with Crippen molar-refractivity contribution in [1.82, 2.24) is 4.90 Å². The van der Waals surface area contributed by atoms with Gasteiger partial charge in [-0.25, -0.2) is 0 Å². The van der Waals surface area contributed by atoms with Gasteiger partial charge in [0.05, 0.1) is 4.87 Å². The van der Waals surface area contributed by atoms with Gasteiger partial charge >= 0.3 is 0 Å². The number of carbonyl (C=O) groups is 1. The zero-order chi connectivity index (χ0) is 10.9. The molecule has 1 aliphatic rings. The molecule has 1 saturated carbocycles. The molecule has 0 heterocycles. The Morgan fingerprint density at radius 3 is 2.21 bits per heavy atom. The van der Waals surface area contributed by atoms with E-state index < -0.39 is 0 Å². The second kappa shape index (κ2) is 4.13. The van der Waals surface area contributed by atoms with Crippen molar-refractivity contribution in [3.05, 3.63) is 0 Å². The fourth-order valence-electron chi connectivity index (χ4n) is 1.59. The maximum Gasteiger partial charge on any atom is 0.226 e. The molecular weight excluding hydrogens is 194 g/mol. The summed E-state index contributed by atoms with van der Waals surface area (Å²) in [7, 11) is 0. The molecule has 1 aliphatic carbocycles. The predicted molar refractivity (Wildman–Crippen MR) is 62.3 cm³/mol. The Morgan fingerprint density at radius 1 is 1.43 bits per heavy atom. The van der Waals surface area contributed by atoms with Crippen LogP contribution in [0.4, 0.5) is 0 Å². The van der Waals surface area contributed by atoms with E-state index in [1.807, 2.05) is 13.8 Å². The highest BCUT2D eigenvalue weighted by Crippen LogP contribution is 2.38. The quantitative estimate of drug-likeness (QED) is 0.672. The lowest BCUT2D eigenvalue weighted by molar-refractivity contribution is -0.137. The largest absolute Gasteiger partial charge is 0.325 e. The van der Waals surface area contributed by atoms with Gasteiger partial charge in [0.25, 0.3) is 0 Å². The minimum absolute atomic E-state index is 0.0531. The van der Waals surface area contributed by atoms with Crippen LogP contribution in [0.2, 0.25) is 0 Å². The van der Waals surface area contributed by atoms with Gasteiger partial charge in [-0.05, 0) is 32.9 Å². The zero-order valence-corrected chi connectivity index (χ0v) is 10.6. The lowest BCUT2D eigenvalue weighted by Crippen LogP contribution is -2.48. The van der Waals surface area contributed by atoms with Crippen LogP contribution in [0, 0.1) is 5.92 Å². The molecule has 1 rings (SSSR count). The van der Waals surface area contributed by atoms with Crippen LogP contribution < -0.4 is 0 Å². The molecule has 0 aliphatic heterocycles. The van der Waals surface area contributed by atoms with Crippen molar-refractivity contribution in [2.24, 2.45) is 5.92 Å². The van der Waals surface area contributed by atoms with Crippen molar-refractivity contribution in [2.75, 3.05) is 6.26 Å². The summed E-state index contributed by atoms with van der Waals surface area (Å²) in [6, 6.07) is 0.507. The van der Waals surface area contributed by atoms with Gasteiger partial charge < -0.3 is 4.90 Å². The maximum atomic E-state index is 12.0. The third kappa shape index (κ3) is 2.44. The third-order valence-corrected chi connectivity index (χ3v) is 3.92. The molecule has 2 nitrogen and oxygen atoms in total. The fourth-order valence-corrected chi connectivity index (χ4v) is 2.03. The van der Waals surface area contributed by atoms with Gasteiger partial charge in [0, 0.05) is 12.0 Å². The van der Waals surface area contributed by atoms with Gasteiger partial charge in [-0.3, -0.25) is 4.79 Å². The average Bonchev–Trinajstić information content (AvgIpc) is 2.88. The molecule has 0 radical (unpaired) electrons. The first-order chi connectivity index (χ1) is 6.40. The molecule has 0 aromatic heterocycles. The highest BCUT2D eigenvalue weighted by Gasteiger charge is 2.41. The van der Waals surface area contributed by atoms with Crippen LogP contribution in [0.15, 0.2) is 0 Å². The number of rotatable bonds is 4. The summed E-state index contributed by atoms with van der Waals surface area (Å²) in [6.45, 7) is 8.23. The first-order valence-electron chi connectivity index (χ1n) is 5.28. The van der Waals surface area contributed by atoms with Crippen LogP contribution in [0.5, 0.6) is 0 Å². The minimum Gasteiger partial charge on any atom is -0.325 e. The lowest BCUT2D eigenvalue weighted by Gasteiger charge is -2.38. The third-order valence-electron chi connectivity index (χ3n) is 2.72. The maximum absolute atomic E-state index is 12.0. The summed E-state index contributed by atoms with van der Waals surface area (Å²) in [5, 5.41) is 0. The average molecular weight is 215 g/mol. The molecule has 1 amide bonds. The Hall–Kier alpha value is -0.180. The predicted octanol–water partition coefficient (Wildman–Crippen LogP) is 2.73. The van der Waals surface area contributed by atoms with E-state index in [9.17, 15) is 4.79 Å². The molecule has 0 bridgehead atoms. The molecule has 0 aromatic carbocycles. The molecule has 0 saturated heterocycles. The van der Waals surface area contributed by atoms with Gasteiger partial charge in [0.15, 0.2) is 0 Å². The van der Waals surface area contributed by atoms with E-state index in [0.717, 1.165) is 0 Å². The second-order valence-corrected chi connectivity index (χ2v) is 6.15. The molecule has 3 heteroatoms. The van der Waals surface area contributed by atoms with Crippen molar-refractivity contribution in [3.63, 3.8) is 0 Å². The standard InChI is InChI=1S/C11H21NOS/c1-8(2)10(13)12(9-6-7-9)11(3,4)14-5/h8-9H,6-7H2,1-5H3. The van der Waals surface area contributed by atoms with Crippen molar-refractivity contribution in [3.8, 4) is 0 Å². The number of thioether (sulfide) groups is 1. The first kappa shape index (κ1) is 11.9. The van der Waals surface area contributed by atoms with Gasteiger partial charge in [0.2, 0.25) is 5.91 Å². The molecule has 0 spiro atoms. The summed E-state index contributed by atoms with van der Waals surface area (Å²) in [4.78, 5) is 14.1. The van der Waals surface area contributed by atoms with Crippen LogP contribution in [0.3, 0.4) is 0 Å². The van der Waals surface area contributed by atoms with E-state index in [4.69, 9.17) is 0 Å². The number of nitrogens with zero attached hydrogens (tertiary/aromatic N) is 1. The Kier molecular flexibility index (Phi) is 3.51. The Bertz CT molecular complexity index is 221. The summed E-state index contributed by atoms with van der Waals surface area (Å²) in [5.74, 6) is 0.411. The summed E-state index contributed by atoms with van der Waals surface area (Å²) >= 11 is 1.75. The second-order valence-electron chi connectivity index (χ2n) is 4.74. The smallest absolute Gasteiger partial charge is 0.226 e. The van der Waals surface area contributed by atoms with E-state index in [1.54, 1.807) is 11.8 Å². The Morgan fingerprint density at radius 2 is 1.93 bits per heavy atom. The lowest BCUT2D eigenvalue weighted by atomic mass is 10.1. The number of hydrogen-bond donors (Lipinski definition) is 0. The van der Waals surface area contributed by atoms with Crippen molar-refractivity contribution < 1.29 is 4.79 Å². The summed E-state index contributed by atoms with van der Waals surface area (Å²) < 4.78 is 0. The van der Waals surface area contributed by atoms with Crippen LogP contribution in [-0.2, 0) is 4.79 Å². The highest BCUT2D eigenvalue weighted by atomic mass is 32.2. The highest BCUT2D eigenvalue weighted by molar-refractivity contribution is 7.99. The topological polar surface area (TPSA) is 20.3 Å². The number of hydrogen-bond acceptors (Lipinski definition) is 2. The van der Waals surface area contributed by atoms with Crippen molar-refractivity contribution in [1.29, 1.82) is 0 Å². The van der Waals surface area contributed by atoms with Crippen molar-refractivity contribution >= 4 is 17.7 Å². The first-order valence-corrected chi connectivity index (χ1v) is 6.51. The SMILES string of the molecule is CSC(C)(C)N(C(=O)C(C)C)C1CC1. The van der Waals surface area contributed by atoms with Crippen LogP contribution in [0.25, 0.3) is 0 Å². The molecule has 82 valence electrons. The van der Waals surface area contributed by atoms with E-state index in [1.165, 1.54) is 12.8 Å². The van der Waals surface area contributed by atoms with E-state index in [-0.39, 0.29) is 10.8 Å². The normalized spacial score (nSPS) is 17.3. The summed E-state index contributed by atoms with van der Waals surface area (Å²) in [6.07, 6.45) is 4.44. The monoisotopic (exact) mass is 215 g/mol. The Labute approximate surface area is 91.4 Å². The van der Waals surface area contributed by atoms with Gasteiger partial charge in [-0.1, -0.05) is 13.8 Å². The van der Waals surface area contributed by atoms with E-state index >= 15 is 0 Å². The van der Waals surface area contributed by atoms with Crippen molar-refractivity contribution in [2.45, 2.75) is 51.4 Å². The molecule has 0 unspecified atom stereocenters. The molecule has 0 aromatic rings. The van der Waals surface area contributed by atoms with Crippen LogP contribution in [-0.4, -0.2) is 28.0 Å². The van der Waals surface area contributed by atoms with E-state index in [0.29, 0.717) is 11.9 Å². The van der Waals surface area contributed by atoms with Gasteiger partial charge in [-0.2, -0.15) is 0 Å². The summed E-state index contributed by atoms with van der Waals surface area (Å²) in [5.41, 5.74) is 0. The van der Waals surface area contributed by atoms with Crippen LogP contribution >= 0.6 is 11.8 Å². The molecule has 1 fully saturated rings. The fraction of sp³-hybridized carbons (Fsp3) is 0.909. The number of carbonyl (C=O) groups excluding carboxylic acids is 1. The molecule has 14 heavy (non-hydrogen) atoms. The van der Waals surface area contributed by atoms with E-state index in [2.05, 4.69) is 25.0 Å². The van der Waals surface area contributed by atoms with Gasteiger partial charge in [-0.15, -0.1) is 11.8 Å². The van der Waals surface area contributed by atoms with Gasteiger partial charge in [0.1, 0.15) is 0 Å².